The van der Waals surface area contributed by atoms with Crippen molar-refractivity contribution in [3.8, 4) is 11.5 Å². The van der Waals surface area contributed by atoms with E-state index >= 15 is 0 Å². The van der Waals surface area contributed by atoms with E-state index in [9.17, 15) is 51.5 Å². The van der Waals surface area contributed by atoms with Gasteiger partial charge in [-0.2, -0.15) is 13.2 Å². The highest BCUT2D eigenvalue weighted by Gasteiger charge is 2.42. The number of benzene rings is 8. The number of hydrogen-bond donors (Lipinski definition) is 0. The van der Waals surface area contributed by atoms with Crippen molar-refractivity contribution in [1.82, 2.24) is 18.3 Å². The molecular formula is C120H145F3N4O10. The second-order valence-corrected chi connectivity index (χ2v) is 43.6. The molecule has 14 nitrogen and oxygen atoms in total. The molecule has 4 aliphatic carbocycles. The smallest absolute Gasteiger partial charge is 0.416 e. The molecule has 8 aromatic carbocycles. The molecule has 0 unspecified atom stereocenters. The van der Waals surface area contributed by atoms with Gasteiger partial charge < -0.3 is 27.7 Å². The fourth-order valence-electron chi connectivity index (χ4n) is 19.2. The van der Waals surface area contributed by atoms with Crippen LogP contribution in [0.3, 0.4) is 0 Å². The highest BCUT2D eigenvalue weighted by molar-refractivity contribution is 6.14. The molecule has 0 N–H and O–H groups in total. The van der Waals surface area contributed by atoms with Crippen molar-refractivity contribution in [2.24, 2.45) is 45.3 Å². The summed E-state index contributed by atoms with van der Waals surface area (Å²) in [5.74, 6) is 4.54. The summed E-state index contributed by atoms with van der Waals surface area (Å²) in [7, 11) is 3.36. The number of ether oxygens (including phenoxy) is 2. The van der Waals surface area contributed by atoms with Crippen molar-refractivity contribution in [1.29, 1.82) is 0 Å². The lowest BCUT2D eigenvalue weighted by molar-refractivity contribution is -0.137. The van der Waals surface area contributed by atoms with Crippen LogP contribution < -0.4 is 9.47 Å². The number of ketones is 8. The number of hydrogen-bond acceptors (Lipinski definition) is 10. The Morgan fingerprint density at radius 2 is 0.628 bits per heavy atom. The molecule has 0 spiro atoms. The number of aryl methyl sites for hydroxylation is 1. The Labute approximate surface area is 810 Å². The number of carbonyl (C=O) groups excluding carboxylic acids is 8. The highest BCUT2D eigenvalue weighted by Crippen LogP contribution is 2.47. The molecule has 4 aromatic heterocycles. The number of rotatable bonds is 34. The normalized spacial score (nSPS) is 14.6. The van der Waals surface area contributed by atoms with Crippen LogP contribution in [-0.4, -0.2) is 78.8 Å². The van der Waals surface area contributed by atoms with Gasteiger partial charge in [0.1, 0.15) is 34.6 Å². The number of para-hydroxylation sites is 1. The molecule has 0 aliphatic heterocycles. The molecule has 0 amide bonds. The van der Waals surface area contributed by atoms with Crippen molar-refractivity contribution in [3.63, 3.8) is 0 Å². The zero-order valence-electron chi connectivity index (χ0n) is 85.4. The van der Waals surface area contributed by atoms with E-state index in [1.54, 1.807) is 48.0 Å². The Bertz CT molecular complexity index is 6520. The molecule has 726 valence electrons. The molecule has 0 radical (unpaired) electrons. The lowest BCUT2D eigenvalue weighted by Crippen LogP contribution is -2.28. The number of Topliss-reactive ketones (excluding diaryl/α,β-unsaturated/α-hetero) is 8. The SMILES string of the molecule is CC(=O)C(C)(C)Cc1c(C(=O)C2CCC2)c2cc(C(C)C)ccc2n1Cc1ccc(C)cc1.CC(=O)C(C)(C)Cc1c(C(=O)C2CCC2)c2cc(C(C)C)ccc2n1Cc1cccc(C(F)(F)F)c1.COc1cccc(Cn2c(CC(C)(C)C(C)=O)c(C(=O)C3CCC3)c3cc(C(C)C)ccc32)c1.COc1ccccc1Cn1c(CC(C)(C)C(C)=O)c(C(=O)C2CCC2)c2cc(C(C)C)ccc21. The van der Waals surface area contributed by atoms with Gasteiger partial charge in [0, 0.05) is 185 Å². The van der Waals surface area contributed by atoms with Crippen LogP contribution >= 0.6 is 0 Å². The fourth-order valence-corrected chi connectivity index (χ4v) is 19.2. The van der Waals surface area contributed by atoms with Gasteiger partial charge in [0.15, 0.2) is 23.1 Å². The van der Waals surface area contributed by atoms with Gasteiger partial charge in [-0.25, -0.2) is 0 Å². The Hall–Kier alpha value is -11.3. The molecule has 0 atom stereocenters. The van der Waals surface area contributed by atoms with Crippen molar-refractivity contribution < 1.29 is 61.0 Å². The third-order valence-electron chi connectivity index (χ3n) is 30.6. The Morgan fingerprint density at radius 3 is 0.905 bits per heavy atom. The van der Waals surface area contributed by atoms with Crippen LogP contribution in [0.25, 0.3) is 43.6 Å². The lowest BCUT2D eigenvalue weighted by atomic mass is 9.77. The van der Waals surface area contributed by atoms with Crippen LogP contribution in [0, 0.1) is 52.3 Å². The van der Waals surface area contributed by atoms with Crippen LogP contribution in [0.15, 0.2) is 170 Å². The van der Waals surface area contributed by atoms with Gasteiger partial charge in [0.2, 0.25) is 0 Å². The number of nitrogens with zero attached hydrogens (tertiary/aromatic N) is 4. The predicted octanol–water partition coefficient (Wildman–Crippen LogP) is 29.2. The van der Waals surface area contributed by atoms with Crippen LogP contribution in [0.5, 0.6) is 11.5 Å². The zero-order valence-corrected chi connectivity index (χ0v) is 85.4. The topological polar surface area (TPSA) is 175 Å². The lowest BCUT2D eigenvalue weighted by Gasteiger charge is -2.27. The summed E-state index contributed by atoms with van der Waals surface area (Å²) in [6, 6.07) is 55.7. The van der Waals surface area contributed by atoms with Gasteiger partial charge in [-0.05, 0) is 227 Å². The average molecular weight is 1860 g/mol. The van der Waals surface area contributed by atoms with Gasteiger partial charge in [-0.15, -0.1) is 0 Å². The summed E-state index contributed by atoms with van der Waals surface area (Å²) >= 11 is 0. The number of halogens is 3. The Morgan fingerprint density at radius 1 is 0.336 bits per heavy atom. The van der Waals surface area contributed by atoms with Crippen molar-refractivity contribution in [3.05, 3.63) is 271 Å². The summed E-state index contributed by atoms with van der Waals surface area (Å²) in [5, 5.41) is 3.94. The minimum Gasteiger partial charge on any atom is -0.497 e. The first-order valence-electron chi connectivity index (χ1n) is 49.9. The Kier molecular flexibility index (Phi) is 31.7. The van der Waals surface area contributed by atoms with Crippen molar-refractivity contribution in [2.75, 3.05) is 14.2 Å². The maximum absolute atomic E-state index is 13.9. The highest BCUT2D eigenvalue weighted by atomic mass is 19.4. The Balaban J connectivity index is 0.000000154. The molecule has 137 heavy (non-hydrogen) atoms. The number of alkyl halides is 3. The summed E-state index contributed by atoms with van der Waals surface area (Å²) in [4.78, 5) is 105. The van der Waals surface area contributed by atoms with Crippen LogP contribution in [0.2, 0.25) is 0 Å². The first-order chi connectivity index (χ1) is 64.6. The third-order valence-corrected chi connectivity index (χ3v) is 30.6. The molecule has 12 aromatic rings. The van der Waals surface area contributed by atoms with Gasteiger partial charge in [0.05, 0.1) is 26.3 Å². The largest absolute Gasteiger partial charge is 0.497 e. The summed E-state index contributed by atoms with van der Waals surface area (Å²) in [5.41, 5.74) is 17.7. The van der Waals surface area contributed by atoms with Gasteiger partial charge >= 0.3 is 6.18 Å². The quantitative estimate of drug-likeness (QED) is 0.0353. The molecule has 4 saturated carbocycles. The van der Waals surface area contributed by atoms with Crippen LogP contribution in [0.4, 0.5) is 13.2 Å². The van der Waals surface area contributed by atoms with Crippen molar-refractivity contribution in [2.45, 2.75) is 304 Å². The van der Waals surface area contributed by atoms with Crippen LogP contribution in [-0.2, 0) is 77.2 Å². The summed E-state index contributed by atoms with van der Waals surface area (Å²) < 4.78 is 60.2. The van der Waals surface area contributed by atoms with E-state index in [1.807, 2.05) is 108 Å². The van der Waals surface area contributed by atoms with E-state index in [4.69, 9.17) is 9.47 Å². The van der Waals surface area contributed by atoms with Gasteiger partial charge in [-0.3, -0.25) is 38.4 Å². The van der Waals surface area contributed by atoms with E-state index in [2.05, 4.69) is 173 Å². The third kappa shape index (κ3) is 22.7. The number of aromatic nitrogens is 4. The number of fused-ring (bicyclic) bond motifs is 4. The maximum Gasteiger partial charge on any atom is 0.416 e. The minimum atomic E-state index is -4.44. The van der Waals surface area contributed by atoms with E-state index in [0.717, 1.165) is 194 Å². The molecule has 4 aliphatic rings. The first kappa shape index (κ1) is 103. The van der Waals surface area contributed by atoms with Crippen LogP contribution in [0.1, 0.15) is 359 Å². The molecule has 17 heteroatoms. The molecule has 16 rings (SSSR count). The molecule has 0 bridgehead atoms. The maximum atomic E-state index is 13.9. The second-order valence-electron chi connectivity index (χ2n) is 43.6. The zero-order chi connectivity index (χ0) is 99.6. The number of methoxy groups -OCH3 is 2. The minimum absolute atomic E-state index is 0.00304. The monoisotopic (exact) mass is 1860 g/mol. The summed E-state index contributed by atoms with van der Waals surface area (Å²) in [6.07, 6.45) is 9.36. The molecule has 4 heterocycles. The molecule has 4 fully saturated rings. The van der Waals surface area contributed by atoms with E-state index in [1.165, 1.54) is 39.9 Å². The van der Waals surface area contributed by atoms with E-state index < -0.39 is 33.4 Å². The van der Waals surface area contributed by atoms with Gasteiger partial charge in [0.25, 0.3) is 0 Å². The van der Waals surface area contributed by atoms with Gasteiger partial charge in [-0.1, -0.05) is 233 Å². The molecule has 0 saturated heterocycles. The number of carbonyl (C=O) groups is 8. The van der Waals surface area contributed by atoms with E-state index in [0.29, 0.717) is 74.2 Å². The van der Waals surface area contributed by atoms with E-state index in [-0.39, 0.29) is 82.4 Å². The summed E-state index contributed by atoms with van der Waals surface area (Å²) in [6.45, 7) is 43.6. The predicted molar refractivity (Wildman–Crippen MR) is 548 cm³/mol. The first-order valence-corrected chi connectivity index (χ1v) is 49.9. The van der Waals surface area contributed by atoms with Crippen molar-refractivity contribution >= 4 is 89.9 Å². The second kappa shape index (κ2) is 42.2. The standard InChI is InChI=1S/C30H34F3NO2.2C30H37NO3.C30H37NO2/c1-18(2)22-12-13-25-24(15-22)27(28(36)21-9-7-10-21)26(16-29(4,5)19(3)35)34(25)17-20-8-6-11-23(14-20)30(31,32)33;1-19(2)23-13-14-26-25(16-23)28(29(33)22-10-8-11-22)27(17-30(4,5)20(3)32)31(26)18-21-9-7-12-24(15-21)34-6;1-19(2)22-14-15-25-24(16-22)28(29(33)21-11-9-12-21)26(17-30(4,5)20(3)32)31(25)18-23-10-7-8-13-27(23)34-6;1-19(2)24-14-15-26-25(16-24)28(29(33)23-8-7-9-23)27(17-30(5,6)21(4)32)31(26)18-22-12-10-20(3)11-13-22/h6,8,11-15,18,21H,7,9-10,16-17H2,1-5H3;7,9,12-16,19,22H,8,10-11,17-18H2,1-6H3;7-8,10,13-16,19,21H,9,11-12,17-18H2,1-6H3;10-16,19,23H,7-9,17-18H2,1-6H3. The molecular weight excluding hydrogens is 1710 g/mol. The average Bonchev–Trinajstić information content (AvgIpc) is 1.60. The fraction of sp³-hybridized carbons (Fsp3) is 0.467.